The van der Waals surface area contributed by atoms with E-state index < -0.39 is 0 Å². The molecule has 2 aliphatic rings. The van der Waals surface area contributed by atoms with Crippen LogP contribution in [0.3, 0.4) is 0 Å². The molecule has 56 heavy (non-hydrogen) atoms. The number of nitrogens with zero attached hydrogens (tertiary/aromatic N) is 4. The van der Waals surface area contributed by atoms with Gasteiger partial charge in [0.15, 0.2) is 0 Å². The molecule has 0 aliphatic carbocycles. The van der Waals surface area contributed by atoms with E-state index in [0.29, 0.717) is 13.1 Å². The Morgan fingerprint density at radius 2 is 0.857 bits per heavy atom. The van der Waals surface area contributed by atoms with Gasteiger partial charge < -0.3 is 25.9 Å². The maximum atomic E-state index is 12.7. The van der Waals surface area contributed by atoms with E-state index in [1.807, 2.05) is 109 Å². The van der Waals surface area contributed by atoms with Crippen LogP contribution >= 0.6 is 0 Å². The topological polar surface area (TPSA) is 107 Å². The Kier molecular flexibility index (Phi) is 10.5. The van der Waals surface area contributed by atoms with Crippen molar-refractivity contribution in [3.63, 3.8) is 0 Å². The third kappa shape index (κ3) is 7.45. The molecule has 0 radical (unpaired) electrons. The zero-order valence-electron chi connectivity index (χ0n) is 30.5. The molecule has 4 aromatic carbocycles. The average Bonchev–Trinajstić information content (AvgIpc) is 4.07. The molecular formula is C47H35N7OZn. The van der Waals surface area contributed by atoms with Crippen molar-refractivity contribution in [2.45, 2.75) is 0 Å². The van der Waals surface area contributed by atoms with E-state index in [9.17, 15) is 4.79 Å². The molecule has 9 heteroatoms. The third-order valence-corrected chi connectivity index (χ3v) is 9.54. The van der Waals surface area contributed by atoms with E-state index in [4.69, 9.17) is 19.9 Å². The monoisotopic (exact) mass is 777 g/mol. The van der Waals surface area contributed by atoms with Crippen molar-refractivity contribution in [1.29, 1.82) is 0 Å². The number of fused-ring (bicyclic) bond motifs is 8. The fourth-order valence-electron chi connectivity index (χ4n) is 7.03. The van der Waals surface area contributed by atoms with Gasteiger partial charge in [0.05, 0.1) is 22.8 Å². The van der Waals surface area contributed by atoms with Gasteiger partial charge in [0.1, 0.15) is 0 Å². The Hall–Kier alpha value is -6.83. The zero-order chi connectivity index (χ0) is 37.0. The summed E-state index contributed by atoms with van der Waals surface area (Å²) in [5.41, 5.74) is 13.6. The minimum absolute atomic E-state index is 0. The number of hydrogen-bond donors (Lipinski definition) is 3. The predicted octanol–water partition coefficient (Wildman–Crippen LogP) is 10.1. The van der Waals surface area contributed by atoms with Gasteiger partial charge >= 0.3 is 25.5 Å². The van der Waals surface area contributed by atoms with Crippen molar-refractivity contribution in [3.05, 3.63) is 168 Å². The summed E-state index contributed by atoms with van der Waals surface area (Å²) in [4.78, 5) is 33.7. The Bertz CT molecular complexity index is 2700. The molecule has 3 N–H and O–H groups in total. The Morgan fingerprint density at radius 1 is 0.464 bits per heavy atom. The molecule has 2 amide bonds. The van der Waals surface area contributed by atoms with Gasteiger partial charge in [-0.25, -0.2) is 14.8 Å². The van der Waals surface area contributed by atoms with Gasteiger partial charge in [-0.3, -0.25) is 0 Å². The zero-order valence-corrected chi connectivity index (χ0v) is 33.5. The van der Waals surface area contributed by atoms with Gasteiger partial charge in [-0.1, -0.05) is 133 Å². The minimum Gasteiger partial charge on any atom is -0.657 e. The summed E-state index contributed by atoms with van der Waals surface area (Å²) in [6.45, 7) is 0.804. The largest absolute Gasteiger partial charge is 2.00 e. The quantitative estimate of drug-likeness (QED) is 0.105. The van der Waals surface area contributed by atoms with Crippen LogP contribution < -0.4 is 25.9 Å². The molecule has 2 aliphatic heterocycles. The molecule has 8 bridgehead atoms. The van der Waals surface area contributed by atoms with Gasteiger partial charge in [0, 0.05) is 24.5 Å². The second kappa shape index (κ2) is 16.3. The van der Waals surface area contributed by atoms with E-state index in [1.54, 1.807) is 0 Å². The van der Waals surface area contributed by atoms with Crippen molar-refractivity contribution < 1.29 is 24.3 Å². The second-order valence-corrected chi connectivity index (χ2v) is 13.1. The molecule has 7 aromatic rings. The summed E-state index contributed by atoms with van der Waals surface area (Å²) >= 11 is 0. The van der Waals surface area contributed by atoms with Crippen molar-refractivity contribution in [3.8, 4) is 33.4 Å². The number of benzene rings is 4. The molecule has 8 nitrogen and oxygen atoms in total. The van der Waals surface area contributed by atoms with E-state index in [0.717, 1.165) is 89.6 Å². The number of amides is 2. The first-order chi connectivity index (χ1) is 27.2. The van der Waals surface area contributed by atoms with Crippen molar-refractivity contribution in [1.82, 2.24) is 25.3 Å². The Labute approximate surface area is 337 Å². The molecule has 3 aromatic heterocycles. The van der Waals surface area contributed by atoms with E-state index in [-0.39, 0.29) is 25.5 Å². The number of hydrogen-bond acceptors (Lipinski definition) is 4. The molecular weight excluding hydrogens is 744 g/mol. The molecule has 0 atom stereocenters. The number of urea groups is 1. The van der Waals surface area contributed by atoms with Crippen LogP contribution in [0.25, 0.3) is 79.8 Å². The molecule has 0 fully saturated rings. The van der Waals surface area contributed by atoms with Crippen LogP contribution in [0.1, 0.15) is 22.8 Å². The molecule has 0 spiro atoms. The van der Waals surface area contributed by atoms with Crippen LogP contribution in [-0.2, 0) is 19.5 Å². The van der Waals surface area contributed by atoms with Crippen molar-refractivity contribution in [2.24, 2.45) is 0 Å². The summed E-state index contributed by atoms with van der Waals surface area (Å²) in [6.07, 6.45) is 8.19. The van der Waals surface area contributed by atoms with E-state index in [2.05, 4.69) is 76.6 Å². The van der Waals surface area contributed by atoms with Gasteiger partial charge in [-0.2, -0.15) is 0 Å². The molecule has 0 saturated carbocycles. The number of aromatic nitrogens is 4. The summed E-state index contributed by atoms with van der Waals surface area (Å²) < 4.78 is 0. The molecule has 266 valence electrons. The summed E-state index contributed by atoms with van der Waals surface area (Å²) in [5, 5.41) is 9.39. The second-order valence-electron chi connectivity index (χ2n) is 13.1. The average molecular weight is 779 g/mol. The SMILES string of the molecule is O=C(NCCNc1c2nc(c(-c3ccccc3)c3ccc([n-]3)c(-c3ccccc3)c3nc(c(-c4ccccc4)c4ccc1[n-]4)C=C3)C=C2)Nc1ccccc1.[Zn+2]. The van der Waals surface area contributed by atoms with Gasteiger partial charge in [-0.05, 0) is 69.8 Å². The standard InChI is InChI=1S/C47H36N7O.Zn/c55-47(50-34-19-11-4-12-20-34)49-30-29-48-46-41-27-25-39(53-41)44(32-15-7-2-8-16-32)37-23-21-35(51-37)43(31-13-5-1-6-14-31)36-22-24-38(52-36)45(33-17-9-3-10-18-33)40-26-28-42(46)54-40;/h1-28H,29-30H2,(H4-,48,49,50,51,52,53,54,55);/q-1;+2/p-1. The first-order valence-electron chi connectivity index (χ1n) is 18.2. The summed E-state index contributed by atoms with van der Waals surface area (Å²) in [6, 6.07) is 48.1. The van der Waals surface area contributed by atoms with Gasteiger partial charge in [0.25, 0.3) is 0 Å². The number of nitrogens with one attached hydrogen (secondary N) is 3. The number of anilines is 2. The number of carbonyl (C=O) groups excluding carboxylic acids is 1. The molecule has 9 rings (SSSR count). The number of rotatable bonds is 8. The first kappa shape index (κ1) is 36.2. The van der Waals surface area contributed by atoms with Crippen LogP contribution in [0.15, 0.2) is 146 Å². The maximum Gasteiger partial charge on any atom is 2.00 e. The fourth-order valence-corrected chi connectivity index (χ4v) is 7.03. The van der Waals surface area contributed by atoms with Gasteiger partial charge in [0.2, 0.25) is 0 Å². The van der Waals surface area contributed by atoms with Crippen molar-refractivity contribution in [2.75, 3.05) is 23.7 Å². The summed E-state index contributed by atoms with van der Waals surface area (Å²) in [5.74, 6) is 0. The Morgan fingerprint density at radius 3 is 1.34 bits per heavy atom. The van der Waals surface area contributed by atoms with Crippen LogP contribution in [0.4, 0.5) is 16.2 Å². The summed E-state index contributed by atoms with van der Waals surface area (Å²) in [7, 11) is 0. The first-order valence-corrected chi connectivity index (χ1v) is 18.2. The van der Waals surface area contributed by atoms with Gasteiger partial charge in [-0.15, -0.1) is 22.1 Å². The smallest absolute Gasteiger partial charge is 0.657 e. The predicted molar refractivity (Wildman–Crippen MR) is 225 cm³/mol. The fraction of sp³-hybridized carbons (Fsp3) is 0.0426. The Balaban J connectivity index is 0.00000441. The van der Waals surface area contributed by atoms with Crippen LogP contribution in [0, 0.1) is 0 Å². The van der Waals surface area contributed by atoms with E-state index in [1.165, 1.54) is 0 Å². The van der Waals surface area contributed by atoms with Crippen LogP contribution in [0.2, 0.25) is 0 Å². The van der Waals surface area contributed by atoms with Crippen molar-refractivity contribution >= 4 is 63.8 Å². The van der Waals surface area contributed by atoms with Crippen LogP contribution in [-0.4, -0.2) is 29.1 Å². The molecule has 5 heterocycles. The normalized spacial score (nSPS) is 11.5. The minimum atomic E-state index is -0.279. The number of carbonyl (C=O) groups is 1. The number of para-hydroxylation sites is 1. The molecule has 0 saturated heterocycles. The molecule has 0 unspecified atom stereocenters. The van der Waals surface area contributed by atoms with E-state index >= 15 is 0 Å². The third-order valence-electron chi connectivity index (χ3n) is 9.54. The van der Waals surface area contributed by atoms with Crippen LogP contribution in [0.5, 0.6) is 0 Å². The maximum absolute atomic E-state index is 12.7.